The molecule has 1 aromatic carbocycles. The third-order valence-corrected chi connectivity index (χ3v) is 6.23. The van der Waals surface area contributed by atoms with E-state index in [9.17, 15) is 0 Å². The van der Waals surface area contributed by atoms with Crippen LogP contribution in [0.3, 0.4) is 0 Å². The lowest BCUT2D eigenvalue weighted by molar-refractivity contribution is 0.0356. The first kappa shape index (κ1) is 19.6. The Kier molecular flexibility index (Phi) is 6.45. The summed E-state index contributed by atoms with van der Waals surface area (Å²) in [4.78, 5) is 7.08. The van der Waals surface area contributed by atoms with Crippen LogP contribution in [0.25, 0.3) is 10.9 Å². The third kappa shape index (κ3) is 4.48. The van der Waals surface area contributed by atoms with Crippen LogP contribution in [-0.2, 0) is 11.3 Å². The molecule has 3 heterocycles. The smallest absolute Gasteiger partial charge is 0.152 e. The maximum absolute atomic E-state index is 6.15. The van der Waals surface area contributed by atoms with Gasteiger partial charge in [-0.2, -0.15) is 0 Å². The van der Waals surface area contributed by atoms with Crippen molar-refractivity contribution in [1.29, 1.82) is 0 Å². The number of morpholine rings is 1. The molecule has 1 saturated heterocycles. The molecular formula is C23H33N3O2. The van der Waals surface area contributed by atoms with Gasteiger partial charge in [0.15, 0.2) is 5.75 Å². The standard InChI is InChI=1S/C19H24N2O.C4H9NO/c1-13-5-7-16(8-6-13)21-11-15-10-14(2)17-4-3-9-20-18(17)19(15)22-12-21;1-3-6-4-2-5-1/h3-4,9-10,13,16H,5-8,11-12H2,1-2H3;5H,1-4H2. The van der Waals surface area contributed by atoms with Gasteiger partial charge in [-0.3, -0.25) is 9.88 Å². The SMILES string of the molecule is C1COCCN1.Cc1cc2c(c3ncccc13)OCN(C1CCC(C)CC1)C2. The van der Waals surface area contributed by atoms with Gasteiger partial charge in [0.05, 0.1) is 13.2 Å². The Labute approximate surface area is 168 Å². The van der Waals surface area contributed by atoms with Crippen LogP contribution in [0, 0.1) is 12.8 Å². The minimum Gasteiger partial charge on any atom is -0.475 e. The van der Waals surface area contributed by atoms with Gasteiger partial charge < -0.3 is 14.8 Å². The molecule has 0 atom stereocenters. The number of aromatic nitrogens is 1. The molecule has 0 unspecified atom stereocenters. The second-order valence-electron chi connectivity index (χ2n) is 8.38. The Balaban J connectivity index is 0.000000275. The van der Waals surface area contributed by atoms with E-state index in [1.165, 1.54) is 42.2 Å². The van der Waals surface area contributed by atoms with E-state index in [2.05, 4.69) is 41.2 Å². The zero-order chi connectivity index (χ0) is 19.3. The van der Waals surface area contributed by atoms with Crippen molar-refractivity contribution in [2.75, 3.05) is 33.0 Å². The fourth-order valence-electron chi connectivity index (χ4n) is 4.51. The second-order valence-corrected chi connectivity index (χ2v) is 8.38. The van der Waals surface area contributed by atoms with Gasteiger partial charge in [-0.1, -0.05) is 19.1 Å². The average Bonchev–Trinajstić information content (AvgIpc) is 2.76. The molecule has 5 heteroatoms. The molecule has 0 spiro atoms. The average molecular weight is 384 g/mol. The molecule has 1 N–H and O–H groups in total. The summed E-state index contributed by atoms with van der Waals surface area (Å²) in [5, 5.41) is 4.37. The van der Waals surface area contributed by atoms with Gasteiger partial charge in [0, 0.05) is 42.8 Å². The van der Waals surface area contributed by atoms with Crippen molar-refractivity contribution in [3.8, 4) is 5.75 Å². The highest BCUT2D eigenvalue weighted by Crippen LogP contribution is 2.36. The summed E-state index contributed by atoms with van der Waals surface area (Å²) in [6.45, 7) is 10.1. The number of benzene rings is 1. The van der Waals surface area contributed by atoms with Crippen LogP contribution in [-0.4, -0.2) is 49.0 Å². The topological polar surface area (TPSA) is 46.6 Å². The predicted molar refractivity (Wildman–Crippen MR) is 113 cm³/mol. The number of rotatable bonds is 1. The molecule has 1 aromatic heterocycles. The van der Waals surface area contributed by atoms with Crippen LogP contribution in [0.1, 0.15) is 43.7 Å². The number of pyridine rings is 1. The summed E-state index contributed by atoms with van der Waals surface area (Å²) in [6.07, 6.45) is 7.19. The number of nitrogens with one attached hydrogen (secondary N) is 1. The number of hydrogen-bond donors (Lipinski definition) is 1. The maximum Gasteiger partial charge on any atom is 0.152 e. The summed E-state index contributed by atoms with van der Waals surface area (Å²) >= 11 is 0. The van der Waals surface area contributed by atoms with E-state index in [0.29, 0.717) is 12.8 Å². The van der Waals surface area contributed by atoms with Crippen molar-refractivity contribution in [2.24, 2.45) is 5.92 Å². The first-order chi connectivity index (χ1) is 13.7. The Morgan fingerprint density at radius 2 is 1.93 bits per heavy atom. The first-order valence-corrected chi connectivity index (χ1v) is 10.7. The van der Waals surface area contributed by atoms with Crippen molar-refractivity contribution >= 4 is 10.9 Å². The fraction of sp³-hybridized carbons (Fsp3) is 0.609. The van der Waals surface area contributed by atoms with Gasteiger partial charge in [-0.15, -0.1) is 0 Å². The third-order valence-electron chi connectivity index (χ3n) is 6.23. The second kappa shape index (κ2) is 9.21. The number of hydrogen-bond acceptors (Lipinski definition) is 5. The van der Waals surface area contributed by atoms with E-state index in [1.54, 1.807) is 0 Å². The maximum atomic E-state index is 6.15. The predicted octanol–water partition coefficient (Wildman–Crippen LogP) is 3.88. The molecule has 2 aromatic rings. The van der Waals surface area contributed by atoms with Gasteiger partial charge in [-0.05, 0) is 50.2 Å². The quantitative estimate of drug-likeness (QED) is 0.810. The summed E-state index contributed by atoms with van der Waals surface area (Å²) in [5.41, 5.74) is 3.62. The molecule has 152 valence electrons. The molecule has 2 aliphatic heterocycles. The van der Waals surface area contributed by atoms with Crippen LogP contribution in [0.2, 0.25) is 0 Å². The molecule has 2 fully saturated rings. The van der Waals surface area contributed by atoms with Gasteiger partial charge in [0.1, 0.15) is 12.2 Å². The van der Waals surface area contributed by atoms with Crippen LogP contribution < -0.4 is 10.1 Å². The fourth-order valence-corrected chi connectivity index (χ4v) is 4.51. The molecular weight excluding hydrogens is 350 g/mol. The van der Waals surface area contributed by atoms with Crippen molar-refractivity contribution in [3.05, 3.63) is 35.5 Å². The van der Waals surface area contributed by atoms with E-state index in [0.717, 1.165) is 50.0 Å². The highest BCUT2D eigenvalue weighted by Gasteiger charge is 2.29. The summed E-state index contributed by atoms with van der Waals surface area (Å²) in [6, 6.07) is 7.11. The molecule has 5 nitrogen and oxygen atoms in total. The van der Waals surface area contributed by atoms with E-state index in [-0.39, 0.29) is 0 Å². The minimum atomic E-state index is 0.684. The number of nitrogens with zero attached hydrogens (tertiary/aromatic N) is 2. The van der Waals surface area contributed by atoms with E-state index in [1.807, 2.05) is 12.3 Å². The lowest BCUT2D eigenvalue weighted by atomic mass is 9.86. The first-order valence-electron chi connectivity index (χ1n) is 10.7. The van der Waals surface area contributed by atoms with Gasteiger partial charge in [-0.25, -0.2) is 0 Å². The zero-order valence-electron chi connectivity index (χ0n) is 17.2. The van der Waals surface area contributed by atoms with Crippen molar-refractivity contribution in [1.82, 2.24) is 15.2 Å². The monoisotopic (exact) mass is 383 g/mol. The molecule has 1 aliphatic carbocycles. The summed E-state index contributed by atoms with van der Waals surface area (Å²) < 4.78 is 11.2. The zero-order valence-corrected chi connectivity index (χ0v) is 17.2. The molecule has 0 amide bonds. The van der Waals surface area contributed by atoms with E-state index < -0.39 is 0 Å². The Morgan fingerprint density at radius 3 is 2.61 bits per heavy atom. The summed E-state index contributed by atoms with van der Waals surface area (Å²) in [5.74, 6) is 1.89. The molecule has 3 aliphatic rings. The van der Waals surface area contributed by atoms with Crippen molar-refractivity contribution in [2.45, 2.75) is 52.1 Å². The van der Waals surface area contributed by atoms with Crippen molar-refractivity contribution < 1.29 is 9.47 Å². The van der Waals surface area contributed by atoms with Crippen LogP contribution in [0.4, 0.5) is 0 Å². The number of ether oxygens (including phenoxy) is 2. The van der Waals surface area contributed by atoms with Crippen LogP contribution in [0.15, 0.2) is 24.4 Å². The molecule has 0 radical (unpaired) electrons. The highest BCUT2D eigenvalue weighted by atomic mass is 16.5. The Hall–Kier alpha value is -1.69. The van der Waals surface area contributed by atoms with Gasteiger partial charge in [0.25, 0.3) is 0 Å². The van der Waals surface area contributed by atoms with E-state index in [4.69, 9.17) is 9.47 Å². The normalized spacial score (nSPS) is 25.4. The van der Waals surface area contributed by atoms with Crippen LogP contribution >= 0.6 is 0 Å². The van der Waals surface area contributed by atoms with Crippen LogP contribution in [0.5, 0.6) is 5.75 Å². The lowest BCUT2D eigenvalue weighted by Gasteiger charge is -2.38. The Morgan fingerprint density at radius 1 is 1.14 bits per heavy atom. The lowest BCUT2D eigenvalue weighted by Crippen LogP contribution is -2.42. The molecule has 0 bridgehead atoms. The summed E-state index contributed by atoms with van der Waals surface area (Å²) in [7, 11) is 0. The van der Waals surface area contributed by atoms with Gasteiger partial charge in [0.2, 0.25) is 0 Å². The largest absolute Gasteiger partial charge is 0.475 e. The number of aryl methyl sites for hydroxylation is 1. The molecule has 5 rings (SSSR count). The molecule has 28 heavy (non-hydrogen) atoms. The Bertz CT molecular complexity index is 771. The van der Waals surface area contributed by atoms with Crippen molar-refractivity contribution in [3.63, 3.8) is 0 Å². The van der Waals surface area contributed by atoms with E-state index >= 15 is 0 Å². The highest BCUT2D eigenvalue weighted by molar-refractivity contribution is 5.88. The minimum absolute atomic E-state index is 0.684. The molecule has 1 saturated carbocycles. The number of fused-ring (bicyclic) bond motifs is 3. The van der Waals surface area contributed by atoms with Gasteiger partial charge >= 0.3 is 0 Å².